The van der Waals surface area contributed by atoms with Crippen LogP contribution in [0.1, 0.15) is 13.8 Å². The zero-order valence-electron chi connectivity index (χ0n) is 12.2. The summed E-state index contributed by atoms with van der Waals surface area (Å²) in [6.07, 6.45) is -4.96. The summed E-state index contributed by atoms with van der Waals surface area (Å²) in [5, 5.41) is 2.46. The van der Waals surface area contributed by atoms with E-state index in [1.165, 1.54) is 23.1 Å². The van der Waals surface area contributed by atoms with E-state index < -0.39 is 18.1 Å². The van der Waals surface area contributed by atoms with Crippen LogP contribution in [0.2, 0.25) is 0 Å². The van der Waals surface area contributed by atoms with Crippen LogP contribution in [0, 0.1) is 0 Å². The molecule has 1 N–H and O–H groups in total. The first kappa shape index (κ1) is 16.4. The minimum Gasteiger partial charge on any atom is -0.404 e. The number of halogens is 3. The van der Waals surface area contributed by atoms with E-state index in [-0.39, 0.29) is 17.8 Å². The van der Waals surface area contributed by atoms with Gasteiger partial charge in [-0.2, -0.15) is 0 Å². The highest BCUT2D eigenvalue weighted by atomic mass is 19.4. The SMILES string of the molecule is CC1OCCN(C(=O)Nc2ccccc2OC(F)(F)F)C1C. The molecule has 2 unspecified atom stereocenters. The van der Waals surface area contributed by atoms with Gasteiger partial charge in [-0.25, -0.2) is 4.79 Å². The average Bonchev–Trinajstić information content (AvgIpc) is 2.42. The van der Waals surface area contributed by atoms with Crippen molar-refractivity contribution in [3.63, 3.8) is 0 Å². The number of carbonyl (C=O) groups is 1. The molecule has 0 bridgehead atoms. The summed E-state index contributed by atoms with van der Waals surface area (Å²) in [7, 11) is 0. The van der Waals surface area contributed by atoms with E-state index >= 15 is 0 Å². The lowest BCUT2D eigenvalue weighted by Gasteiger charge is -2.37. The Balaban J connectivity index is 2.11. The minimum atomic E-state index is -4.82. The van der Waals surface area contributed by atoms with E-state index in [9.17, 15) is 18.0 Å². The third-order valence-electron chi connectivity index (χ3n) is 3.50. The Bertz CT molecular complexity index is 536. The smallest absolute Gasteiger partial charge is 0.404 e. The maximum atomic E-state index is 12.4. The zero-order valence-corrected chi connectivity index (χ0v) is 12.2. The standard InChI is InChI=1S/C14H17F3N2O3/c1-9-10(2)21-8-7-19(9)13(20)18-11-5-3-4-6-12(11)22-14(15,16)17/h3-6,9-10H,7-8H2,1-2H3,(H,18,20). The summed E-state index contributed by atoms with van der Waals surface area (Å²) < 4.78 is 46.4. The fraction of sp³-hybridized carbons (Fsp3) is 0.500. The van der Waals surface area contributed by atoms with Crippen LogP contribution < -0.4 is 10.1 Å². The number of alkyl halides is 3. The number of para-hydroxylation sites is 2. The summed E-state index contributed by atoms with van der Waals surface area (Å²) in [6.45, 7) is 4.42. The molecule has 1 aliphatic rings. The molecule has 0 radical (unpaired) electrons. The number of ether oxygens (including phenoxy) is 2. The molecular weight excluding hydrogens is 301 g/mol. The third kappa shape index (κ3) is 4.03. The molecule has 2 amide bonds. The van der Waals surface area contributed by atoms with E-state index in [1.807, 2.05) is 13.8 Å². The van der Waals surface area contributed by atoms with Crippen molar-refractivity contribution in [1.82, 2.24) is 4.90 Å². The molecule has 5 nitrogen and oxygen atoms in total. The van der Waals surface area contributed by atoms with Crippen molar-refractivity contribution in [3.8, 4) is 5.75 Å². The van der Waals surface area contributed by atoms with Gasteiger partial charge in [0.05, 0.1) is 24.4 Å². The highest BCUT2D eigenvalue weighted by Crippen LogP contribution is 2.30. The maximum Gasteiger partial charge on any atom is 0.573 e. The summed E-state index contributed by atoms with van der Waals surface area (Å²) in [6, 6.07) is 4.76. The lowest BCUT2D eigenvalue weighted by Crippen LogP contribution is -2.52. The van der Waals surface area contributed by atoms with E-state index in [0.29, 0.717) is 13.2 Å². The van der Waals surface area contributed by atoms with E-state index in [2.05, 4.69) is 10.1 Å². The molecule has 0 aromatic heterocycles. The van der Waals surface area contributed by atoms with Gasteiger partial charge in [0.2, 0.25) is 0 Å². The molecule has 8 heteroatoms. The quantitative estimate of drug-likeness (QED) is 0.911. The van der Waals surface area contributed by atoms with Gasteiger partial charge in [0.15, 0.2) is 5.75 Å². The van der Waals surface area contributed by atoms with Gasteiger partial charge in [-0.15, -0.1) is 13.2 Å². The lowest BCUT2D eigenvalue weighted by molar-refractivity contribution is -0.274. The first-order valence-corrected chi connectivity index (χ1v) is 6.82. The average molecular weight is 318 g/mol. The van der Waals surface area contributed by atoms with Gasteiger partial charge in [-0.05, 0) is 26.0 Å². The second-order valence-electron chi connectivity index (χ2n) is 4.98. The van der Waals surface area contributed by atoms with Crippen molar-refractivity contribution in [3.05, 3.63) is 24.3 Å². The van der Waals surface area contributed by atoms with Crippen molar-refractivity contribution in [2.45, 2.75) is 32.4 Å². The summed E-state index contributed by atoms with van der Waals surface area (Å²) >= 11 is 0. The molecule has 0 saturated carbocycles. The maximum absolute atomic E-state index is 12.4. The number of benzene rings is 1. The molecule has 0 aliphatic carbocycles. The number of anilines is 1. The molecule has 122 valence electrons. The van der Waals surface area contributed by atoms with Crippen LogP contribution >= 0.6 is 0 Å². The number of nitrogens with zero attached hydrogens (tertiary/aromatic N) is 1. The largest absolute Gasteiger partial charge is 0.573 e. The van der Waals surface area contributed by atoms with Gasteiger partial charge in [0.1, 0.15) is 0 Å². The molecule has 1 aliphatic heterocycles. The molecule has 1 saturated heterocycles. The topological polar surface area (TPSA) is 50.8 Å². The van der Waals surface area contributed by atoms with Crippen molar-refractivity contribution in [2.75, 3.05) is 18.5 Å². The van der Waals surface area contributed by atoms with Crippen LogP contribution in [-0.2, 0) is 4.74 Å². The van der Waals surface area contributed by atoms with Gasteiger partial charge in [-0.1, -0.05) is 12.1 Å². The van der Waals surface area contributed by atoms with Crippen LogP contribution in [0.5, 0.6) is 5.75 Å². The molecule has 2 atom stereocenters. The fourth-order valence-electron chi connectivity index (χ4n) is 2.19. The first-order valence-electron chi connectivity index (χ1n) is 6.82. The number of hydrogen-bond donors (Lipinski definition) is 1. The third-order valence-corrected chi connectivity index (χ3v) is 3.50. The predicted octanol–water partition coefficient (Wildman–Crippen LogP) is 3.23. The van der Waals surface area contributed by atoms with Crippen LogP contribution in [-0.4, -0.2) is 42.6 Å². The van der Waals surface area contributed by atoms with Gasteiger partial charge >= 0.3 is 12.4 Å². The van der Waals surface area contributed by atoms with Gasteiger partial charge in [-0.3, -0.25) is 0 Å². The molecule has 1 aromatic carbocycles. The summed E-state index contributed by atoms with van der Waals surface area (Å²) in [4.78, 5) is 13.8. The van der Waals surface area contributed by atoms with Crippen LogP contribution in [0.4, 0.5) is 23.7 Å². The number of morpholine rings is 1. The molecule has 0 spiro atoms. The molecular formula is C14H17F3N2O3. The lowest BCUT2D eigenvalue weighted by atomic mass is 10.1. The molecule has 1 fully saturated rings. The van der Waals surface area contributed by atoms with Crippen molar-refractivity contribution in [2.24, 2.45) is 0 Å². The minimum absolute atomic E-state index is 0.0313. The number of hydrogen-bond acceptors (Lipinski definition) is 3. The van der Waals surface area contributed by atoms with Crippen molar-refractivity contribution < 1.29 is 27.4 Å². The van der Waals surface area contributed by atoms with Crippen molar-refractivity contribution >= 4 is 11.7 Å². The Labute approximate surface area is 126 Å². The number of rotatable bonds is 2. The Hall–Kier alpha value is -1.96. The zero-order chi connectivity index (χ0) is 16.3. The Morgan fingerprint density at radius 3 is 2.73 bits per heavy atom. The highest BCUT2D eigenvalue weighted by Gasteiger charge is 2.33. The number of urea groups is 1. The number of amides is 2. The second kappa shape index (κ2) is 6.43. The highest BCUT2D eigenvalue weighted by molar-refractivity contribution is 5.91. The summed E-state index contributed by atoms with van der Waals surface area (Å²) in [5.41, 5.74) is -0.0313. The monoisotopic (exact) mass is 318 g/mol. The van der Waals surface area contributed by atoms with E-state index in [0.717, 1.165) is 6.07 Å². The van der Waals surface area contributed by atoms with Crippen LogP contribution in [0.25, 0.3) is 0 Å². The Kier molecular flexibility index (Phi) is 4.80. The predicted molar refractivity (Wildman–Crippen MR) is 73.7 cm³/mol. The summed E-state index contributed by atoms with van der Waals surface area (Å²) in [5.74, 6) is -0.447. The molecule has 1 heterocycles. The molecule has 22 heavy (non-hydrogen) atoms. The molecule has 1 aromatic rings. The fourth-order valence-corrected chi connectivity index (χ4v) is 2.19. The Morgan fingerprint density at radius 1 is 1.36 bits per heavy atom. The number of nitrogens with one attached hydrogen (secondary N) is 1. The second-order valence-corrected chi connectivity index (χ2v) is 4.98. The Morgan fingerprint density at radius 2 is 2.05 bits per heavy atom. The molecule has 2 rings (SSSR count). The van der Waals surface area contributed by atoms with Gasteiger partial charge < -0.3 is 19.7 Å². The number of carbonyl (C=O) groups excluding carboxylic acids is 1. The first-order chi connectivity index (χ1) is 10.3. The van der Waals surface area contributed by atoms with Gasteiger partial charge in [0, 0.05) is 6.54 Å². The van der Waals surface area contributed by atoms with Crippen LogP contribution in [0.3, 0.4) is 0 Å². The van der Waals surface area contributed by atoms with E-state index in [4.69, 9.17) is 4.74 Å². The van der Waals surface area contributed by atoms with Crippen LogP contribution in [0.15, 0.2) is 24.3 Å². The van der Waals surface area contributed by atoms with Gasteiger partial charge in [0.25, 0.3) is 0 Å². The van der Waals surface area contributed by atoms with Crippen molar-refractivity contribution in [1.29, 1.82) is 0 Å². The normalized spacial score (nSPS) is 22.3. The van der Waals surface area contributed by atoms with E-state index in [1.54, 1.807) is 0 Å².